The Kier molecular flexibility index (Phi) is 8.17. The van der Waals surface area contributed by atoms with Crippen molar-refractivity contribution in [3.8, 4) is 0 Å². The van der Waals surface area contributed by atoms with Gasteiger partial charge in [-0.15, -0.1) is 0 Å². The van der Waals surface area contributed by atoms with Crippen LogP contribution in [0.3, 0.4) is 0 Å². The minimum absolute atomic E-state index is 0.0919. The Bertz CT molecular complexity index is 682. The van der Waals surface area contributed by atoms with E-state index in [0.717, 1.165) is 0 Å². The molecule has 1 aliphatic rings. The van der Waals surface area contributed by atoms with Crippen LogP contribution in [0.5, 0.6) is 0 Å². The lowest BCUT2D eigenvalue weighted by molar-refractivity contribution is -0.159. The van der Waals surface area contributed by atoms with E-state index in [1.54, 1.807) is 25.3 Å². The van der Waals surface area contributed by atoms with Gasteiger partial charge in [0.2, 0.25) is 6.29 Å². The number of rotatable bonds is 5. The summed E-state index contributed by atoms with van der Waals surface area (Å²) in [6, 6.07) is 10.3. The number of hydrogen-bond donors (Lipinski definition) is 2. The molecule has 0 bridgehead atoms. The second kappa shape index (κ2) is 9.86. The van der Waals surface area contributed by atoms with Gasteiger partial charge in [0.05, 0.1) is 0 Å². The maximum Gasteiger partial charge on any atom is 0.400 e. The predicted octanol–water partition coefficient (Wildman–Crippen LogP) is 2.47. The first-order valence-electron chi connectivity index (χ1n) is 7.32. The second-order valence-electron chi connectivity index (χ2n) is 4.82. The van der Waals surface area contributed by atoms with Gasteiger partial charge in [-0.1, -0.05) is 48.9 Å². The highest BCUT2D eigenvalue weighted by Gasteiger charge is 2.21. The third kappa shape index (κ3) is 8.47. The van der Waals surface area contributed by atoms with Crippen LogP contribution in [0.1, 0.15) is 25.3 Å². The number of nitrogens with one attached hydrogen (secondary N) is 1. The molecule has 0 aliphatic carbocycles. The molecule has 0 radical (unpaired) electrons. The largest absolute Gasteiger partial charge is 0.430 e. The molecule has 0 saturated heterocycles. The molecule has 0 saturated carbocycles. The minimum Gasteiger partial charge on any atom is -0.430 e. The highest BCUT2D eigenvalue weighted by atomic mass is 32.3. The van der Waals surface area contributed by atoms with Crippen LogP contribution in [0.25, 0.3) is 0 Å². The Morgan fingerprint density at radius 2 is 2.00 bits per heavy atom. The van der Waals surface area contributed by atoms with Gasteiger partial charge in [-0.05, 0) is 25.6 Å². The number of benzene rings is 1. The predicted molar refractivity (Wildman–Crippen MR) is 89.0 cm³/mol. The molecule has 1 aromatic rings. The summed E-state index contributed by atoms with van der Waals surface area (Å²) in [4.78, 5) is 11.5. The first-order valence-corrected chi connectivity index (χ1v) is 8.68. The minimum atomic E-state index is -4.64. The zero-order chi connectivity index (χ0) is 18.0. The van der Waals surface area contributed by atoms with Crippen molar-refractivity contribution < 1.29 is 26.7 Å². The number of hydrogen-bond acceptors (Lipinski definition) is 6. The van der Waals surface area contributed by atoms with E-state index >= 15 is 0 Å². The molecule has 0 amide bonds. The summed E-state index contributed by atoms with van der Waals surface area (Å²) in [5.41, 5.74) is 1.52. The van der Waals surface area contributed by atoms with Crippen molar-refractivity contribution in [2.24, 2.45) is 0 Å². The highest BCUT2D eigenvalue weighted by Crippen LogP contribution is 2.09. The SMILES string of the molecule is CCC(OC(=O)C1=CCC=CN1)OS(=O)(=O)O.Cc1ccccc1. The standard InChI is InChI=1S/C9H13NO6S.C7H8/c1-2-8(16-17(12,13)14)15-9(11)7-5-3-4-6-10-7;1-7-5-3-2-4-6-7/h4-6,8,10H,2-3H2,1H3,(H,12,13,14);2-6H,1H3. The zero-order valence-corrected chi connectivity index (χ0v) is 14.3. The first kappa shape index (κ1) is 19.9. The molecule has 0 fully saturated rings. The van der Waals surface area contributed by atoms with Gasteiger partial charge >= 0.3 is 16.4 Å². The lowest BCUT2D eigenvalue weighted by Gasteiger charge is -2.16. The highest BCUT2D eigenvalue weighted by molar-refractivity contribution is 7.80. The average Bonchev–Trinajstić information content (AvgIpc) is 2.55. The summed E-state index contributed by atoms with van der Waals surface area (Å²) in [6.45, 7) is 3.63. The molecule has 24 heavy (non-hydrogen) atoms. The summed E-state index contributed by atoms with van der Waals surface area (Å²) in [5.74, 6) is -0.746. The van der Waals surface area contributed by atoms with Gasteiger partial charge in [0.25, 0.3) is 0 Å². The molecule has 1 unspecified atom stereocenters. The molecule has 0 spiro atoms. The fourth-order valence-electron chi connectivity index (χ4n) is 1.63. The first-order chi connectivity index (χ1) is 11.3. The molecule has 7 nitrogen and oxygen atoms in total. The summed E-state index contributed by atoms with van der Waals surface area (Å²) in [5, 5.41) is 2.65. The van der Waals surface area contributed by atoms with Gasteiger partial charge in [-0.25, -0.2) is 8.98 Å². The molecule has 8 heteroatoms. The van der Waals surface area contributed by atoms with Crippen LogP contribution in [0, 0.1) is 6.92 Å². The molecule has 2 rings (SSSR count). The number of aryl methyl sites for hydroxylation is 1. The molecule has 1 atom stereocenters. The van der Waals surface area contributed by atoms with Crippen LogP contribution < -0.4 is 5.32 Å². The number of ether oxygens (including phenoxy) is 1. The Labute approximate surface area is 141 Å². The van der Waals surface area contributed by atoms with Crippen molar-refractivity contribution >= 4 is 16.4 Å². The Morgan fingerprint density at radius 1 is 1.33 bits per heavy atom. The van der Waals surface area contributed by atoms with Crippen LogP contribution in [0.2, 0.25) is 0 Å². The van der Waals surface area contributed by atoms with Crippen molar-refractivity contribution in [3.05, 3.63) is 59.9 Å². The van der Waals surface area contributed by atoms with E-state index in [0.29, 0.717) is 6.42 Å². The van der Waals surface area contributed by atoms with Crippen LogP contribution in [-0.4, -0.2) is 25.2 Å². The Hall–Kier alpha value is -2.16. The molecule has 0 aromatic heterocycles. The van der Waals surface area contributed by atoms with Crippen LogP contribution in [0.4, 0.5) is 0 Å². The Morgan fingerprint density at radius 3 is 2.42 bits per heavy atom. The van der Waals surface area contributed by atoms with Crippen molar-refractivity contribution in [3.63, 3.8) is 0 Å². The number of dihydropyridines is 1. The van der Waals surface area contributed by atoms with Crippen molar-refractivity contribution in [2.45, 2.75) is 33.0 Å². The molecular weight excluding hydrogens is 334 g/mol. The van der Waals surface area contributed by atoms with Gasteiger partial charge in [0, 0.05) is 6.42 Å². The summed E-state index contributed by atoms with van der Waals surface area (Å²) >= 11 is 0. The topological polar surface area (TPSA) is 102 Å². The lowest BCUT2D eigenvalue weighted by Crippen LogP contribution is -2.28. The van der Waals surface area contributed by atoms with E-state index in [9.17, 15) is 13.2 Å². The molecule has 1 aliphatic heterocycles. The molecule has 132 valence electrons. The van der Waals surface area contributed by atoms with Gasteiger partial charge in [-0.3, -0.25) is 4.55 Å². The van der Waals surface area contributed by atoms with E-state index in [1.165, 1.54) is 5.56 Å². The average molecular weight is 355 g/mol. The van der Waals surface area contributed by atoms with Crippen LogP contribution >= 0.6 is 0 Å². The second-order valence-corrected chi connectivity index (χ2v) is 5.87. The third-order valence-electron chi connectivity index (χ3n) is 2.78. The molecular formula is C16H21NO6S. The summed E-state index contributed by atoms with van der Waals surface area (Å²) < 4.78 is 38.3. The van der Waals surface area contributed by atoms with E-state index in [2.05, 4.69) is 28.6 Å². The number of carbonyl (C=O) groups is 1. The monoisotopic (exact) mass is 355 g/mol. The third-order valence-corrected chi connectivity index (χ3v) is 3.23. The van der Waals surface area contributed by atoms with Gasteiger partial charge in [-0.2, -0.15) is 8.42 Å². The fraction of sp³-hybridized carbons (Fsp3) is 0.312. The van der Waals surface area contributed by atoms with Crippen LogP contribution in [0.15, 0.2) is 54.4 Å². The van der Waals surface area contributed by atoms with E-state index in [-0.39, 0.29) is 12.1 Å². The van der Waals surface area contributed by atoms with Crippen molar-refractivity contribution in [2.75, 3.05) is 0 Å². The normalized spacial score (nSPS) is 14.5. The summed E-state index contributed by atoms with van der Waals surface area (Å²) in [7, 11) is -4.64. The van der Waals surface area contributed by atoms with Crippen LogP contribution in [-0.2, 0) is 24.1 Å². The van der Waals surface area contributed by atoms with Crippen molar-refractivity contribution in [1.29, 1.82) is 0 Å². The Balaban J connectivity index is 0.000000341. The maximum absolute atomic E-state index is 11.5. The summed E-state index contributed by atoms with van der Waals surface area (Å²) in [6.07, 6.45) is 4.28. The fourth-order valence-corrected chi connectivity index (χ4v) is 2.07. The quantitative estimate of drug-likeness (QED) is 0.475. The number of allylic oxidation sites excluding steroid dienone is 2. The van der Waals surface area contributed by atoms with E-state index in [4.69, 9.17) is 9.29 Å². The maximum atomic E-state index is 11.5. The number of esters is 1. The number of carbonyl (C=O) groups excluding carboxylic acids is 1. The lowest BCUT2D eigenvalue weighted by atomic mass is 10.2. The molecule has 2 N–H and O–H groups in total. The molecule has 1 aromatic carbocycles. The van der Waals surface area contributed by atoms with E-state index in [1.807, 2.05) is 18.2 Å². The van der Waals surface area contributed by atoms with Gasteiger partial charge in [0.1, 0.15) is 5.70 Å². The zero-order valence-electron chi connectivity index (χ0n) is 13.5. The molecule has 1 heterocycles. The van der Waals surface area contributed by atoms with Gasteiger partial charge in [0.15, 0.2) is 0 Å². The smallest absolute Gasteiger partial charge is 0.400 e. The van der Waals surface area contributed by atoms with Gasteiger partial charge < -0.3 is 10.1 Å². The van der Waals surface area contributed by atoms with Crippen molar-refractivity contribution in [1.82, 2.24) is 5.32 Å². The van der Waals surface area contributed by atoms with E-state index < -0.39 is 22.7 Å².